The lowest BCUT2D eigenvalue weighted by molar-refractivity contribution is 0.165. The molecule has 2 heteroatoms. The van der Waals surface area contributed by atoms with Gasteiger partial charge in [-0.25, -0.2) is 0 Å². The molecule has 0 spiro atoms. The number of hydrogen-bond acceptors (Lipinski definition) is 1. The molecule has 25 heavy (non-hydrogen) atoms. The number of rotatable bonds is 3. The first-order valence-electron chi connectivity index (χ1n) is 8.20. The minimum Gasteiger partial charge on any atom is -0.387 e. The molecule has 0 bridgehead atoms. The van der Waals surface area contributed by atoms with E-state index in [9.17, 15) is 5.11 Å². The van der Waals surface area contributed by atoms with Crippen LogP contribution in [0, 0.1) is 18.8 Å². The van der Waals surface area contributed by atoms with Gasteiger partial charge in [0, 0.05) is 10.6 Å². The van der Waals surface area contributed by atoms with Gasteiger partial charge in [0.2, 0.25) is 0 Å². The van der Waals surface area contributed by atoms with Crippen molar-refractivity contribution in [1.82, 2.24) is 0 Å². The summed E-state index contributed by atoms with van der Waals surface area (Å²) in [4.78, 5) is 0. The molecule has 124 valence electrons. The summed E-state index contributed by atoms with van der Waals surface area (Å²) in [6.45, 7) is 2.05. The Bertz CT molecular complexity index is 871. The van der Waals surface area contributed by atoms with Crippen LogP contribution in [0.2, 0.25) is 5.02 Å². The van der Waals surface area contributed by atoms with Crippen LogP contribution >= 0.6 is 11.6 Å². The highest BCUT2D eigenvalue weighted by Crippen LogP contribution is 2.31. The Morgan fingerprint density at radius 2 is 1.40 bits per heavy atom. The third-order valence-electron chi connectivity index (χ3n) is 4.11. The molecule has 0 aromatic heterocycles. The van der Waals surface area contributed by atoms with Crippen molar-refractivity contribution in [3.63, 3.8) is 0 Å². The lowest BCUT2D eigenvalue weighted by Crippen LogP contribution is -2.09. The van der Waals surface area contributed by atoms with E-state index in [0.29, 0.717) is 5.02 Å². The molecule has 0 amide bonds. The summed E-state index contributed by atoms with van der Waals surface area (Å²) >= 11 is 5.96. The Morgan fingerprint density at radius 3 is 2.04 bits per heavy atom. The maximum Gasteiger partial charge on any atom is 0.0968 e. The van der Waals surface area contributed by atoms with E-state index in [1.807, 2.05) is 73.7 Å². The smallest absolute Gasteiger partial charge is 0.0968 e. The summed E-state index contributed by atoms with van der Waals surface area (Å²) in [6, 6.07) is 25.2. The van der Waals surface area contributed by atoms with Crippen molar-refractivity contribution in [1.29, 1.82) is 0 Å². The fraction of sp³-hybridized carbons (Fsp3) is 0.130. The van der Waals surface area contributed by atoms with Crippen LogP contribution in [0.25, 0.3) is 0 Å². The Labute approximate surface area is 153 Å². The van der Waals surface area contributed by atoms with Gasteiger partial charge in [-0.15, -0.1) is 0 Å². The van der Waals surface area contributed by atoms with Crippen molar-refractivity contribution in [3.05, 3.63) is 106 Å². The highest BCUT2D eigenvalue weighted by molar-refractivity contribution is 6.30. The van der Waals surface area contributed by atoms with Crippen molar-refractivity contribution in [2.75, 3.05) is 0 Å². The Balaban J connectivity index is 1.98. The van der Waals surface area contributed by atoms with Crippen molar-refractivity contribution < 1.29 is 5.11 Å². The van der Waals surface area contributed by atoms with E-state index in [1.54, 1.807) is 12.1 Å². The standard InChI is InChI=1S/C23H19ClO/c1-17-7-10-19(11-8-17)22(16-9-18-5-3-2-4-6-18)23(25)20-12-14-21(24)15-13-20/h2-8,10-15,22-23,25H,1H3/t22?,23-/m1/s1. The number of aliphatic hydroxyl groups is 1. The molecule has 0 aliphatic heterocycles. The summed E-state index contributed by atoms with van der Waals surface area (Å²) in [5, 5.41) is 11.6. The molecule has 1 unspecified atom stereocenters. The van der Waals surface area contributed by atoms with Crippen molar-refractivity contribution in [2.45, 2.75) is 18.9 Å². The summed E-state index contributed by atoms with van der Waals surface area (Å²) in [5.74, 6) is 6.12. The van der Waals surface area contributed by atoms with Crippen LogP contribution in [0.15, 0.2) is 78.9 Å². The minimum atomic E-state index is -0.726. The SMILES string of the molecule is Cc1ccc(C(C#Cc2ccccc2)[C@H](O)c2ccc(Cl)cc2)cc1. The normalized spacial score (nSPS) is 12.8. The maximum atomic E-state index is 10.9. The number of aliphatic hydroxyl groups excluding tert-OH is 1. The second-order valence-corrected chi connectivity index (χ2v) is 6.46. The topological polar surface area (TPSA) is 20.2 Å². The van der Waals surface area contributed by atoms with Gasteiger partial charge in [0.25, 0.3) is 0 Å². The van der Waals surface area contributed by atoms with Crippen LogP contribution in [-0.4, -0.2) is 5.11 Å². The highest BCUT2D eigenvalue weighted by Gasteiger charge is 2.21. The first kappa shape index (κ1) is 17.3. The van der Waals surface area contributed by atoms with E-state index in [0.717, 1.165) is 16.7 Å². The lowest BCUT2D eigenvalue weighted by Gasteiger charge is -2.19. The predicted molar refractivity (Wildman–Crippen MR) is 104 cm³/mol. The quantitative estimate of drug-likeness (QED) is 0.619. The Hall–Kier alpha value is -2.53. The van der Waals surface area contributed by atoms with Gasteiger partial charge in [0.1, 0.15) is 0 Å². The van der Waals surface area contributed by atoms with E-state index in [1.165, 1.54) is 5.56 Å². The molecule has 0 saturated heterocycles. The molecule has 3 aromatic carbocycles. The zero-order valence-electron chi connectivity index (χ0n) is 14.0. The molecule has 0 heterocycles. The van der Waals surface area contributed by atoms with Gasteiger partial charge in [0.05, 0.1) is 12.0 Å². The van der Waals surface area contributed by atoms with Crippen LogP contribution in [0.4, 0.5) is 0 Å². The largest absolute Gasteiger partial charge is 0.387 e. The predicted octanol–water partition coefficient (Wildman–Crippen LogP) is 5.52. The molecule has 2 atom stereocenters. The molecule has 1 nitrogen and oxygen atoms in total. The summed E-state index contributed by atoms with van der Waals surface area (Å²) in [6.07, 6.45) is -0.726. The van der Waals surface area contributed by atoms with Gasteiger partial charge in [0.15, 0.2) is 0 Å². The van der Waals surface area contributed by atoms with Crippen molar-refractivity contribution in [3.8, 4) is 11.8 Å². The van der Waals surface area contributed by atoms with Gasteiger partial charge in [-0.3, -0.25) is 0 Å². The molecule has 0 fully saturated rings. The zero-order valence-corrected chi connectivity index (χ0v) is 14.7. The van der Waals surface area contributed by atoms with Gasteiger partial charge in [-0.2, -0.15) is 0 Å². The zero-order chi connectivity index (χ0) is 17.6. The van der Waals surface area contributed by atoms with Crippen LogP contribution in [-0.2, 0) is 0 Å². The van der Waals surface area contributed by atoms with Gasteiger partial charge < -0.3 is 5.11 Å². The number of benzene rings is 3. The monoisotopic (exact) mass is 346 g/mol. The van der Waals surface area contributed by atoms with Crippen LogP contribution in [0.1, 0.15) is 34.3 Å². The molecule has 0 aliphatic carbocycles. The number of aryl methyl sites for hydroxylation is 1. The van der Waals surface area contributed by atoms with Crippen molar-refractivity contribution >= 4 is 11.6 Å². The van der Waals surface area contributed by atoms with E-state index >= 15 is 0 Å². The fourth-order valence-corrected chi connectivity index (χ4v) is 2.78. The van der Waals surface area contributed by atoms with Crippen LogP contribution in [0.3, 0.4) is 0 Å². The third kappa shape index (κ3) is 4.51. The average molecular weight is 347 g/mol. The third-order valence-corrected chi connectivity index (χ3v) is 4.36. The van der Waals surface area contributed by atoms with E-state index in [2.05, 4.69) is 11.8 Å². The number of hydrogen-bond donors (Lipinski definition) is 1. The number of halogens is 1. The molecule has 0 radical (unpaired) electrons. The van der Waals surface area contributed by atoms with E-state index in [-0.39, 0.29) is 5.92 Å². The minimum absolute atomic E-state index is 0.318. The molecular weight excluding hydrogens is 328 g/mol. The van der Waals surface area contributed by atoms with Crippen LogP contribution < -0.4 is 0 Å². The summed E-state index contributed by atoms with van der Waals surface area (Å²) in [7, 11) is 0. The molecule has 1 N–H and O–H groups in total. The van der Waals surface area contributed by atoms with Gasteiger partial charge in [-0.05, 0) is 42.3 Å². The Kier molecular flexibility index (Phi) is 5.56. The van der Waals surface area contributed by atoms with Gasteiger partial charge in [-0.1, -0.05) is 83.6 Å². The second-order valence-electron chi connectivity index (χ2n) is 6.02. The summed E-state index contributed by atoms with van der Waals surface area (Å²) in [5.41, 5.74) is 3.91. The van der Waals surface area contributed by atoms with E-state index in [4.69, 9.17) is 11.6 Å². The highest BCUT2D eigenvalue weighted by atomic mass is 35.5. The van der Waals surface area contributed by atoms with Gasteiger partial charge >= 0.3 is 0 Å². The maximum absolute atomic E-state index is 10.9. The molecular formula is C23H19ClO. The molecule has 3 rings (SSSR count). The molecule has 0 aliphatic rings. The Morgan fingerprint density at radius 1 is 0.800 bits per heavy atom. The first-order chi connectivity index (χ1) is 12.1. The van der Waals surface area contributed by atoms with Crippen LogP contribution in [0.5, 0.6) is 0 Å². The average Bonchev–Trinajstić information content (AvgIpc) is 2.64. The van der Waals surface area contributed by atoms with Crippen molar-refractivity contribution in [2.24, 2.45) is 0 Å². The fourth-order valence-electron chi connectivity index (χ4n) is 2.65. The second kappa shape index (κ2) is 8.03. The lowest BCUT2D eigenvalue weighted by atomic mass is 9.89. The first-order valence-corrected chi connectivity index (χ1v) is 8.58. The molecule has 3 aromatic rings. The molecule has 0 saturated carbocycles. The summed E-state index contributed by atoms with van der Waals surface area (Å²) < 4.78 is 0. The van der Waals surface area contributed by atoms with E-state index < -0.39 is 6.10 Å².